The molecule has 5 aliphatic rings. The van der Waals surface area contributed by atoms with Crippen LogP contribution in [0.3, 0.4) is 0 Å². The number of fused-ring (bicyclic) bond motifs is 3. The molecule has 0 bridgehead atoms. The molecule has 56 heavy (non-hydrogen) atoms. The third-order valence-electron chi connectivity index (χ3n) is 11.8. The molecule has 16 heteroatoms. The maximum atomic E-state index is 13.8. The Morgan fingerprint density at radius 2 is 1.48 bits per heavy atom. The second kappa shape index (κ2) is 15.5. The largest absolute Gasteiger partial charge is 0.507 e. The minimum Gasteiger partial charge on any atom is -0.507 e. The number of aliphatic hydroxyl groups excluding tert-OH is 2. The van der Waals surface area contributed by atoms with Gasteiger partial charge in [-0.05, 0) is 44.9 Å². The predicted molar refractivity (Wildman–Crippen MR) is 190 cm³/mol. The minimum atomic E-state index is -1.80. The summed E-state index contributed by atoms with van der Waals surface area (Å²) in [5, 5.41) is 56.7. The monoisotopic (exact) mass is 784 g/mol. The minimum absolute atomic E-state index is 0.00890. The van der Waals surface area contributed by atoms with Gasteiger partial charge in [0.25, 0.3) is 0 Å². The Labute approximate surface area is 322 Å². The van der Waals surface area contributed by atoms with Crippen molar-refractivity contribution in [1.29, 1.82) is 0 Å². The summed E-state index contributed by atoms with van der Waals surface area (Å²) in [5.74, 6) is -4.83. The first-order valence-electron chi connectivity index (χ1n) is 19.0. The van der Waals surface area contributed by atoms with E-state index in [0.717, 1.165) is 7.11 Å². The lowest BCUT2D eigenvalue weighted by atomic mass is 9.67. The molecule has 13 atom stereocenters. The molecule has 5 N–H and O–H groups in total. The highest BCUT2D eigenvalue weighted by molar-refractivity contribution is 6.30. The molecule has 0 amide bonds. The van der Waals surface area contributed by atoms with E-state index in [-0.39, 0.29) is 64.8 Å². The summed E-state index contributed by atoms with van der Waals surface area (Å²) in [5.41, 5.74) is -2.79. The first-order chi connectivity index (χ1) is 26.6. The summed E-state index contributed by atoms with van der Waals surface area (Å²) in [6.45, 7) is 6.67. The Balaban J connectivity index is 1.10. The third-order valence-corrected chi connectivity index (χ3v) is 11.8. The van der Waals surface area contributed by atoms with E-state index in [9.17, 15) is 44.7 Å². The van der Waals surface area contributed by atoms with Crippen LogP contribution in [0.25, 0.3) is 0 Å². The molecule has 16 nitrogen and oxygen atoms in total. The maximum Gasteiger partial charge on any atom is 0.316 e. The van der Waals surface area contributed by atoms with Crippen molar-refractivity contribution in [3.05, 3.63) is 57.6 Å². The summed E-state index contributed by atoms with van der Waals surface area (Å²) in [6, 6.07) is 5.32. The number of aliphatic hydroxyl groups is 3. The molecule has 0 aromatic heterocycles. The van der Waals surface area contributed by atoms with E-state index in [1.165, 1.54) is 24.3 Å². The zero-order valence-corrected chi connectivity index (χ0v) is 31.7. The van der Waals surface area contributed by atoms with Gasteiger partial charge in [-0.25, -0.2) is 0 Å². The van der Waals surface area contributed by atoms with Gasteiger partial charge in [0.15, 0.2) is 30.4 Å². The highest BCUT2D eigenvalue weighted by Gasteiger charge is 2.53. The first-order valence-corrected chi connectivity index (χ1v) is 19.0. The molecule has 2 aromatic carbocycles. The average molecular weight is 785 g/mol. The molecule has 3 heterocycles. The van der Waals surface area contributed by atoms with Gasteiger partial charge in [0.05, 0.1) is 54.4 Å². The number of benzene rings is 2. The fourth-order valence-corrected chi connectivity index (χ4v) is 8.77. The molecular weight excluding hydrogens is 736 g/mol. The van der Waals surface area contributed by atoms with Crippen molar-refractivity contribution in [3.63, 3.8) is 0 Å². The molecule has 3 saturated heterocycles. The van der Waals surface area contributed by atoms with Crippen LogP contribution >= 0.6 is 0 Å². The lowest BCUT2D eigenvalue weighted by Crippen LogP contribution is -2.55. The lowest BCUT2D eigenvalue weighted by Gasteiger charge is -2.46. The summed E-state index contributed by atoms with van der Waals surface area (Å²) in [4.78, 5) is 52.7. The van der Waals surface area contributed by atoms with Gasteiger partial charge in [0.2, 0.25) is 5.78 Å². The number of phenolic OH excluding ortho intramolecular Hbond substituents is 2. The number of esters is 1. The molecule has 7 rings (SSSR count). The van der Waals surface area contributed by atoms with Gasteiger partial charge in [0.1, 0.15) is 35.7 Å². The van der Waals surface area contributed by atoms with E-state index in [1.807, 2.05) is 0 Å². The Morgan fingerprint density at radius 1 is 0.857 bits per heavy atom. The zero-order chi connectivity index (χ0) is 40.4. The van der Waals surface area contributed by atoms with Crippen LogP contribution in [-0.4, -0.2) is 123 Å². The van der Waals surface area contributed by atoms with Gasteiger partial charge in [-0.3, -0.25) is 19.2 Å². The number of phenols is 2. The van der Waals surface area contributed by atoms with Gasteiger partial charge in [-0.1, -0.05) is 19.1 Å². The quantitative estimate of drug-likeness (QED) is 0.207. The van der Waals surface area contributed by atoms with Crippen molar-refractivity contribution in [3.8, 4) is 11.5 Å². The van der Waals surface area contributed by atoms with Crippen molar-refractivity contribution < 1.29 is 77.9 Å². The highest BCUT2D eigenvalue weighted by atomic mass is 16.7. The van der Waals surface area contributed by atoms with Gasteiger partial charge >= 0.3 is 5.97 Å². The number of ether oxygens (including phenoxy) is 7. The molecule has 2 aliphatic carbocycles. The molecule has 3 aliphatic heterocycles. The number of carbonyl (C=O) groups is 4. The summed E-state index contributed by atoms with van der Waals surface area (Å²) < 4.78 is 41.4. The van der Waals surface area contributed by atoms with Crippen LogP contribution in [-0.2, 0) is 42.7 Å². The maximum absolute atomic E-state index is 13.8. The topological polar surface area (TPSA) is 234 Å². The van der Waals surface area contributed by atoms with Crippen molar-refractivity contribution >= 4 is 23.3 Å². The lowest BCUT2D eigenvalue weighted by molar-refractivity contribution is -0.330. The van der Waals surface area contributed by atoms with Gasteiger partial charge in [-0.2, -0.15) is 0 Å². The van der Waals surface area contributed by atoms with Gasteiger partial charge < -0.3 is 58.7 Å². The number of ketones is 3. The van der Waals surface area contributed by atoms with E-state index >= 15 is 0 Å². The second-order valence-corrected chi connectivity index (χ2v) is 15.3. The van der Waals surface area contributed by atoms with E-state index in [4.69, 9.17) is 33.2 Å². The zero-order valence-electron chi connectivity index (χ0n) is 31.7. The van der Waals surface area contributed by atoms with Crippen molar-refractivity contribution in [2.45, 2.75) is 145 Å². The number of hydrogen-bond acceptors (Lipinski definition) is 16. The standard InChI is InChI=1S/C40H48O16/c1-6-40(49)15-26(31-20(33(40)39(48)50-5)12-21-32(36(31)47)35(46)30-19(34(21)45)8-7-9-23(30)42)54-28-13-24(43)38(18(4)52-28)56-29-14-25(44)37(17(3)53-29)55-27-11-10-22(41)16(2)51-27/h7-9,12,16-18,24-29,33,37-38,42-44,47,49H,6,10-11,13-15H2,1-5H3/t16?,17?,18?,24?,25?,26?,27?,28?,29?,33?,37?,38?,40-/m1/s1. The molecule has 0 saturated carbocycles. The van der Waals surface area contributed by atoms with Crippen molar-refractivity contribution in [2.75, 3.05) is 7.11 Å². The molecule has 0 radical (unpaired) electrons. The van der Waals surface area contributed by atoms with Crippen molar-refractivity contribution in [2.24, 2.45) is 0 Å². The number of Topliss-reactive ketones (excluding diaryl/α,β-unsaturated/α-hetero) is 1. The Hall–Kier alpha value is -3.84. The van der Waals surface area contributed by atoms with Crippen LogP contribution in [0.4, 0.5) is 0 Å². The molecule has 304 valence electrons. The van der Waals surface area contributed by atoms with Crippen molar-refractivity contribution in [1.82, 2.24) is 0 Å². The fraction of sp³-hybridized carbons (Fsp3) is 0.600. The smallest absolute Gasteiger partial charge is 0.316 e. The number of carbonyl (C=O) groups excluding carboxylic acids is 4. The summed E-state index contributed by atoms with van der Waals surface area (Å²) in [7, 11) is 1.15. The molecular formula is C40H48O16. The molecule has 12 unspecified atom stereocenters. The molecule has 0 spiro atoms. The van der Waals surface area contributed by atoms with E-state index in [2.05, 4.69) is 0 Å². The van der Waals surface area contributed by atoms with Crippen LogP contribution in [0.5, 0.6) is 11.5 Å². The third kappa shape index (κ3) is 7.05. The van der Waals surface area contributed by atoms with Crippen LogP contribution in [0.2, 0.25) is 0 Å². The number of rotatable bonds is 8. The number of methoxy groups -OCH3 is 1. The second-order valence-electron chi connectivity index (χ2n) is 15.3. The van der Waals surface area contributed by atoms with E-state index in [0.29, 0.717) is 12.8 Å². The van der Waals surface area contributed by atoms with Gasteiger partial charge in [-0.15, -0.1) is 0 Å². The SMILES string of the molecule is CC[C@@]1(O)CC(OC2CC(O)C(OC3CC(O)C(OC4CCC(=O)C(C)O4)C(C)O3)C(C)O2)c2c(cc3c(c2O)C(=O)c2c(O)cccc2C3=O)C1C(=O)OC. The van der Waals surface area contributed by atoms with Crippen LogP contribution in [0, 0.1) is 0 Å². The van der Waals surface area contributed by atoms with Crippen LogP contribution in [0.15, 0.2) is 24.3 Å². The Bertz CT molecular complexity index is 1870. The first kappa shape index (κ1) is 40.4. The predicted octanol–water partition coefficient (Wildman–Crippen LogP) is 2.59. The average Bonchev–Trinajstić information content (AvgIpc) is 3.14. The highest BCUT2D eigenvalue weighted by Crippen LogP contribution is 2.54. The summed E-state index contributed by atoms with van der Waals surface area (Å²) in [6.07, 6.45) is -9.63. The van der Waals surface area contributed by atoms with Gasteiger partial charge in [0, 0.05) is 48.8 Å². The van der Waals surface area contributed by atoms with Crippen LogP contribution in [0.1, 0.15) is 121 Å². The number of hydrogen-bond donors (Lipinski definition) is 5. The Kier molecular flexibility index (Phi) is 11.2. The van der Waals surface area contributed by atoms with E-state index < -0.39 is 108 Å². The summed E-state index contributed by atoms with van der Waals surface area (Å²) >= 11 is 0. The normalized spacial score (nSPS) is 37.0. The Morgan fingerprint density at radius 3 is 2.07 bits per heavy atom. The fourth-order valence-electron chi connectivity index (χ4n) is 8.77. The van der Waals surface area contributed by atoms with Crippen LogP contribution < -0.4 is 0 Å². The molecule has 2 aromatic rings. The number of aromatic hydroxyl groups is 2. The molecule has 3 fully saturated rings. The van der Waals surface area contributed by atoms with E-state index in [1.54, 1.807) is 27.7 Å².